The van der Waals surface area contributed by atoms with Gasteiger partial charge in [-0.15, -0.1) is 0 Å². The van der Waals surface area contributed by atoms with Crippen LogP contribution in [0.3, 0.4) is 0 Å². The fraction of sp³-hybridized carbons (Fsp3) is 0.0909. The summed E-state index contributed by atoms with van der Waals surface area (Å²) in [4.78, 5) is 38.8. The van der Waals surface area contributed by atoms with Crippen molar-refractivity contribution < 1.29 is 0 Å². The van der Waals surface area contributed by atoms with Crippen LogP contribution < -0.4 is 0 Å². The first kappa shape index (κ1) is 29.0. The van der Waals surface area contributed by atoms with Crippen LogP contribution in [0.5, 0.6) is 0 Å². The smallest absolute Gasteiger partial charge is 0.165 e. The van der Waals surface area contributed by atoms with E-state index in [-0.39, 0.29) is 0 Å². The molecule has 11 rings (SSSR count). The van der Waals surface area contributed by atoms with E-state index in [1.165, 1.54) is 0 Å². The van der Waals surface area contributed by atoms with E-state index in [4.69, 9.17) is 29.9 Å². The molecule has 246 valence electrons. The predicted molar refractivity (Wildman–Crippen MR) is 210 cm³/mol. The lowest BCUT2D eigenvalue weighted by Gasteiger charge is -2.06. The highest BCUT2D eigenvalue weighted by Crippen LogP contribution is 2.42. The van der Waals surface area contributed by atoms with Crippen molar-refractivity contribution in [1.82, 2.24) is 39.9 Å². The molecule has 9 aromatic rings. The van der Waals surface area contributed by atoms with Crippen molar-refractivity contribution in [2.45, 2.75) is 27.7 Å². The van der Waals surface area contributed by atoms with Crippen LogP contribution in [0.2, 0.25) is 0 Å². The van der Waals surface area contributed by atoms with Crippen molar-refractivity contribution in [3.63, 3.8) is 0 Å². The lowest BCUT2D eigenvalue weighted by molar-refractivity contribution is 1.19. The Morgan fingerprint density at radius 3 is 0.827 bits per heavy atom. The zero-order chi connectivity index (χ0) is 34.8. The zero-order valence-corrected chi connectivity index (χ0v) is 28.9. The van der Waals surface area contributed by atoms with Gasteiger partial charge in [0.2, 0.25) is 0 Å². The summed E-state index contributed by atoms with van der Waals surface area (Å²) in [7, 11) is 0. The summed E-state index contributed by atoms with van der Waals surface area (Å²) in [6.45, 7) is 8.43. The van der Waals surface area contributed by atoms with Crippen molar-refractivity contribution in [3.8, 4) is 45.6 Å². The summed E-state index contributed by atoms with van der Waals surface area (Å²) in [6, 6.07) is 34.0. The van der Waals surface area contributed by atoms with Gasteiger partial charge < -0.3 is 9.97 Å². The average Bonchev–Trinajstić information content (AvgIpc) is 3.89. The molecule has 6 aromatic carbocycles. The number of hydrogen-bond acceptors (Lipinski definition) is 6. The van der Waals surface area contributed by atoms with Gasteiger partial charge >= 0.3 is 0 Å². The lowest BCUT2D eigenvalue weighted by atomic mass is 9.98. The van der Waals surface area contributed by atoms with Crippen LogP contribution in [0.4, 0.5) is 0 Å². The van der Waals surface area contributed by atoms with Gasteiger partial charge in [0.15, 0.2) is 23.3 Å². The molecular formula is C44H30N8. The molecule has 0 aliphatic carbocycles. The molecule has 0 amide bonds. The van der Waals surface area contributed by atoms with Crippen molar-refractivity contribution in [3.05, 3.63) is 119 Å². The highest BCUT2D eigenvalue weighted by atomic mass is 15.1. The number of benzene rings is 6. The first-order valence-corrected chi connectivity index (χ1v) is 17.5. The summed E-state index contributed by atoms with van der Waals surface area (Å²) >= 11 is 0. The Morgan fingerprint density at radius 1 is 0.327 bits per heavy atom. The third-order valence-corrected chi connectivity index (χ3v) is 10.7. The molecule has 2 N–H and O–H groups in total. The molecule has 0 spiro atoms. The molecule has 5 heterocycles. The number of aromatic amines is 2. The SMILES string of the molecule is Cc1ccc(C)c2c1-c1nc-2nc2[nH]c(nc3nc(nc4[nH]c(n1)c1cc5ccccc5cc41)-c1c(C)ccc(C)c1-3)c1cc3ccccc3cc21. The molecule has 3 aromatic heterocycles. The summed E-state index contributed by atoms with van der Waals surface area (Å²) in [5.41, 5.74) is 11.0. The number of nitrogens with zero attached hydrogens (tertiary/aromatic N) is 6. The Morgan fingerprint density at radius 2 is 0.577 bits per heavy atom. The molecule has 0 radical (unpaired) electrons. The van der Waals surface area contributed by atoms with Crippen molar-refractivity contribution in [1.29, 1.82) is 0 Å². The van der Waals surface area contributed by atoms with E-state index in [0.717, 1.165) is 87.6 Å². The second-order valence-electron chi connectivity index (χ2n) is 14.0. The van der Waals surface area contributed by atoms with Crippen LogP contribution in [-0.4, -0.2) is 39.9 Å². The molecule has 0 fully saturated rings. The Hall–Kier alpha value is -6.80. The molecule has 8 nitrogen and oxygen atoms in total. The summed E-state index contributed by atoms with van der Waals surface area (Å²) in [6.07, 6.45) is 0. The van der Waals surface area contributed by atoms with Crippen molar-refractivity contribution in [2.75, 3.05) is 0 Å². The molecule has 52 heavy (non-hydrogen) atoms. The molecule has 0 unspecified atom stereocenters. The number of hydrogen-bond donors (Lipinski definition) is 2. The number of aryl methyl sites for hydroxylation is 4. The maximum absolute atomic E-state index is 5.30. The number of fused-ring (bicyclic) bond motifs is 22. The van der Waals surface area contributed by atoms with Gasteiger partial charge in [-0.2, -0.15) is 0 Å². The first-order chi connectivity index (χ1) is 25.4. The van der Waals surface area contributed by atoms with E-state index in [9.17, 15) is 0 Å². The third kappa shape index (κ3) is 4.09. The maximum atomic E-state index is 5.30. The highest BCUT2D eigenvalue weighted by molar-refractivity contribution is 6.12. The molecule has 0 saturated carbocycles. The largest absolute Gasteiger partial charge is 0.324 e. The lowest BCUT2D eigenvalue weighted by Crippen LogP contribution is -1.90. The monoisotopic (exact) mass is 670 g/mol. The van der Waals surface area contributed by atoms with Gasteiger partial charge in [-0.05, 0) is 95.8 Å². The fourth-order valence-electron chi connectivity index (χ4n) is 8.06. The Labute approximate surface area is 297 Å². The topological polar surface area (TPSA) is 109 Å². The zero-order valence-electron chi connectivity index (χ0n) is 28.9. The molecule has 2 aliphatic heterocycles. The van der Waals surface area contributed by atoms with Gasteiger partial charge in [0.25, 0.3) is 0 Å². The van der Waals surface area contributed by atoms with E-state index < -0.39 is 0 Å². The maximum Gasteiger partial charge on any atom is 0.165 e. The summed E-state index contributed by atoms with van der Waals surface area (Å²) in [5, 5.41) is 8.33. The average molecular weight is 671 g/mol. The molecular weight excluding hydrogens is 641 g/mol. The number of nitrogens with one attached hydrogen (secondary N) is 2. The van der Waals surface area contributed by atoms with Crippen molar-refractivity contribution in [2.24, 2.45) is 0 Å². The highest BCUT2D eigenvalue weighted by Gasteiger charge is 2.26. The van der Waals surface area contributed by atoms with Crippen molar-refractivity contribution >= 4 is 65.7 Å². The fourth-order valence-corrected chi connectivity index (χ4v) is 8.06. The number of rotatable bonds is 0. The van der Waals surface area contributed by atoms with Gasteiger partial charge in [0.05, 0.1) is 0 Å². The number of aromatic nitrogens is 8. The quantitative estimate of drug-likeness (QED) is 0.166. The van der Waals surface area contributed by atoms with E-state index in [1.54, 1.807) is 0 Å². The normalized spacial score (nSPS) is 12.2. The molecule has 2 aliphatic rings. The predicted octanol–water partition coefficient (Wildman–Crippen LogP) is 10.4. The second kappa shape index (κ2) is 10.4. The van der Waals surface area contributed by atoms with E-state index >= 15 is 0 Å². The third-order valence-electron chi connectivity index (χ3n) is 10.7. The van der Waals surface area contributed by atoms with Crippen LogP contribution in [0.15, 0.2) is 97.1 Å². The van der Waals surface area contributed by atoms with Crippen LogP contribution in [0.1, 0.15) is 22.3 Å². The molecule has 0 saturated heterocycles. The van der Waals surface area contributed by atoms with E-state index in [0.29, 0.717) is 45.9 Å². The minimum absolute atomic E-state index is 0.613. The summed E-state index contributed by atoms with van der Waals surface area (Å²) < 4.78 is 0. The van der Waals surface area contributed by atoms with Gasteiger partial charge in [0, 0.05) is 43.8 Å². The van der Waals surface area contributed by atoms with E-state index in [2.05, 4.69) is 135 Å². The minimum atomic E-state index is 0.613. The van der Waals surface area contributed by atoms with Gasteiger partial charge in [-0.1, -0.05) is 72.8 Å². The van der Waals surface area contributed by atoms with Crippen LogP contribution in [0, 0.1) is 27.7 Å². The van der Waals surface area contributed by atoms with Crippen LogP contribution >= 0.6 is 0 Å². The van der Waals surface area contributed by atoms with Crippen LogP contribution in [0.25, 0.3) is 111 Å². The standard InChI is InChI=1S/C44H30N8/c1-21-13-14-22(2)34-33(21)41-47-37-29-17-25-9-5-6-10-26(25)18-30(29)39(45-37)49-43-35-23(3)15-16-24(4)36(35)44(52-43)50-40-32-20-28-12-8-7-11-27(28)19-31(32)38(46-40)48-42(34)51-41/h5-20H,1-4H3,(H2,45,46,47,48,49,50,51,52). The van der Waals surface area contributed by atoms with E-state index in [1.807, 2.05) is 0 Å². The minimum Gasteiger partial charge on any atom is -0.324 e. The summed E-state index contributed by atoms with van der Waals surface area (Å²) in [5.74, 6) is 2.45. The Bertz CT molecular complexity index is 2820. The Kier molecular flexibility index (Phi) is 5.78. The van der Waals surface area contributed by atoms with Gasteiger partial charge in [-0.3, -0.25) is 0 Å². The Balaban J connectivity index is 1.38. The van der Waals surface area contributed by atoms with Gasteiger partial charge in [0.1, 0.15) is 22.6 Å². The molecule has 8 bridgehead atoms. The molecule has 8 heteroatoms. The molecule has 0 atom stereocenters. The first-order valence-electron chi connectivity index (χ1n) is 17.5. The van der Waals surface area contributed by atoms with Gasteiger partial charge in [-0.25, -0.2) is 29.9 Å². The number of H-pyrrole nitrogens is 2. The van der Waals surface area contributed by atoms with Crippen LogP contribution in [-0.2, 0) is 0 Å². The second-order valence-corrected chi connectivity index (χ2v) is 14.0.